The minimum Gasteiger partial charge on any atom is -0.457 e. The predicted octanol–water partition coefficient (Wildman–Crippen LogP) is 6.03. The van der Waals surface area contributed by atoms with Crippen molar-refractivity contribution in [1.82, 2.24) is 41.1 Å². The van der Waals surface area contributed by atoms with Crippen molar-refractivity contribution in [3.63, 3.8) is 0 Å². The third-order valence-electron chi connectivity index (χ3n) is 12.6. The lowest BCUT2D eigenvalue weighted by atomic mass is 9.94. The third-order valence-corrected chi connectivity index (χ3v) is 14.2. The predicted molar refractivity (Wildman–Crippen MR) is 302 cm³/mol. The number of rotatable bonds is 38. The number of nitrogens with zero attached hydrogens (tertiary/aromatic N) is 4. The number of fused-ring (bicyclic) bond motifs is 1. The molecule has 2 aromatic heterocycles. The van der Waals surface area contributed by atoms with Gasteiger partial charge < -0.3 is 65.8 Å². The average molecular weight is 1130 g/mol. The highest BCUT2D eigenvalue weighted by Crippen LogP contribution is 2.40. The quantitative estimate of drug-likeness (QED) is 0.0199. The largest absolute Gasteiger partial charge is 0.457 e. The zero-order valence-corrected chi connectivity index (χ0v) is 46.1. The maximum Gasteiger partial charge on any atom is 0.272 e. The van der Waals surface area contributed by atoms with Crippen LogP contribution in [-0.4, -0.2) is 158 Å². The Morgan fingerprint density at radius 2 is 1.40 bits per heavy atom. The first-order valence-electron chi connectivity index (χ1n) is 27.0. The summed E-state index contributed by atoms with van der Waals surface area (Å²) >= 11 is 1.95. The van der Waals surface area contributed by atoms with Gasteiger partial charge in [0.15, 0.2) is 11.6 Å². The monoisotopic (exact) mass is 1130 g/mol. The summed E-state index contributed by atoms with van der Waals surface area (Å²) in [4.78, 5) is 87.1. The number of anilines is 5. The van der Waals surface area contributed by atoms with Gasteiger partial charge in [0.1, 0.15) is 17.2 Å². The number of aromatic nitrogens is 3. The topological polar surface area (TPSA) is 275 Å². The van der Waals surface area contributed by atoms with Crippen molar-refractivity contribution in [1.29, 1.82) is 0 Å². The second-order valence-corrected chi connectivity index (χ2v) is 20.1. The highest BCUT2D eigenvalue weighted by Gasteiger charge is 2.42. The second-order valence-electron chi connectivity index (χ2n) is 18.9. The van der Waals surface area contributed by atoms with Crippen LogP contribution in [-0.2, 0) is 42.9 Å². The number of hydrogen-bond donors (Lipinski definition) is 7. The number of pyridine rings is 1. The average Bonchev–Trinajstić information content (AvgIpc) is 4.04. The molecule has 7 N–H and O–H groups in total. The van der Waals surface area contributed by atoms with Gasteiger partial charge in [-0.05, 0) is 86.7 Å². The number of carbonyl (C=O) groups excluding carboxylic acids is 6. The van der Waals surface area contributed by atoms with E-state index in [-0.39, 0.29) is 92.0 Å². The first-order valence-corrected chi connectivity index (χ1v) is 28.1. The van der Waals surface area contributed by atoms with Gasteiger partial charge in [-0.15, -0.1) is 0 Å². The Hall–Kier alpha value is -7.25. The van der Waals surface area contributed by atoms with Crippen molar-refractivity contribution in [2.75, 3.05) is 108 Å². The van der Waals surface area contributed by atoms with Crippen LogP contribution in [0.3, 0.4) is 0 Å². The van der Waals surface area contributed by atoms with Gasteiger partial charge in [-0.1, -0.05) is 19.1 Å². The molecule has 24 heteroatoms. The van der Waals surface area contributed by atoms with E-state index in [1.165, 1.54) is 17.2 Å². The molecular weight excluding hydrogens is 1050 g/mol. The Morgan fingerprint density at radius 3 is 2.11 bits per heavy atom. The SMILES string of the molecule is C=CC(=O)Nc1cccc(Nc2nc(Nc3ccc(Oc4ccnc(C(=O)N(C)CCOCCNC(=O)CCCC(=O)NCCCOCCOCCOCCCNC(=O)CCCC[C@@H]5SC[C@@H]6NC(=O)C[C@@H]65)c4)cc3)ncc2F)c1. The van der Waals surface area contributed by atoms with Gasteiger partial charge in [0.25, 0.3) is 5.91 Å². The van der Waals surface area contributed by atoms with Gasteiger partial charge >= 0.3 is 0 Å². The van der Waals surface area contributed by atoms with Crippen LogP contribution in [0.1, 0.15) is 74.7 Å². The summed E-state index contributed by atoms with van der Waals surface area (Å²) in [5.41, 5.74) is 1.75. The normalized spacial score (nSPS) is 15.3. The molecule has 2 saturated heterocycles. The second kappa shape index (κ2) is 34.7. The van der Waals surface area contributed by atoms with Crippen molar-refractivity contribution in [3.8, 4) is 11.5 Å². The molecule has 80 heavy (non-hydrogen) atoms. The molecule has 0 bridgehead atoms. The van der Waals surface area contributed by atoms with E-state index in [0.29, 0.717) is 124 Å². The Balaban J connectivity index is 0.704. The van der Waals surface area contributed by atoms with E-state index in [4.69, 9.17) is 23.7 Å². The van der Waals surface area contributed by atoms with Crippen LogP contribution >= 0.6 is 11.8 Å². The minimum atomic E-state index is -0.679. The van der Waals surface area contributed by atoms with Crippen molar-refractivity contribution >= 4 is 76.0 Å². The van der Waals surface area contributed by atoms with E-state index >= 15 is 0 Å². The molecule has 0 spiro atoms. The molecule has 0 radical (unpaired) electrons. The third kappa shape index (κ3) is 22.8. The summed E-state index contributed by atoms with van der Waals surface area (Å²) in [5.74, 6) is 0.905. The van der Waals surface area contributed by atoms with Gasteiger partial charge in [-0.3, -0.25) is 33.8 Å². The lowest BCUT2D eigenvalue weighted by Crippen LogP contribution is -2.32. The summed E-state index contributed by atoms with van der Waals surface area (Å²) in [6.45, 7) is 8.30. The molecule has 3 atom stereocenters. The number of unbranched alkanes of at least 4 members (excludes halogenated alkanes) is 1. The number of thioether (sulfide) groups is 1. The van der Waals surface area contributed by atoms with Crippen LogP contribution < -0.4 is 42.0 Å². The van der Waals surface area contributed by atoms with Crippen molar-refractivity contribution in [2.24, 2.45) is 5.92 Å². The zero-order valence-electron chi connectivity index (χ0n) is 45.3. The highest BCUT2D eigenvalue weighted by molar-refractivity contribution is 8.00. The van der Waals surface area contributed by atoms with E-state index in [2.05, 4.69) is 58.7 Å². The Morgan fingerprint density at radius 1 is 0.738 bits per heavy atom. The van der Waals surface area contributed by atoms with E-state index < -0.39 is 5.82 Å². The molecule has 22 nitrogen and oxygen atoms in total. The van der Waals surface area contributed by atoms with E-state index in [1.807, 2.05) is 11.8 Å². The van der Waals surface area contributed by atoms with Crippen LogP contribution in [0.2, 0.25) is 0 Å². The molecule has 0 unspecified atom stereocenters. The van der Waals surface area contributed by atoms with E-state index in [1.54, 1.807) is 61.6 Å². The number of nitrogens with one attached hydrogen (secondary N) is 7. The lowest BCUT2D eigenvalue weighted by molar-refractivity contribution is -0.123. The Labute approximate surface area is 470 Å². The van der Waals surface area contributed by atoms with Crippen molar-refractivity contribution in [2.45, 2.75) is 75.5 Å². The number of likely N-dealkylation sites (N-methyl/N-ethyl adjacent to an activating group) is 1. The fourth-order valence-electron chi connectivity index (χ4n) is 8.43. The van der Waals surface area contributed by atoms with Crippen LogP contribution in [0, 0.1) is 11.7 Å². The van der Waals surface area contributed by atoms with Crippen molar-refractivity contribution in [3.05, 3.63) is 97.2 Å². The highest BCUT2D eigenvalue weighted by atomic mass is 32.2. The minimum absolute atomic E-state index is 0.0675. The molecule has 4 aromatic rings. The van der Waals surface area contributed by atoms with Gasteiger partial charge in [0, 0.05) is 124 Å². The number of hydrogen-bond acceptors (Lipinski definition) is 17. The molecule has 2 aliphatic heterocycles. The maximum absolute atomic E-state index is 14.6. The number of ether oxygens (including phenoxy) is 5. The first-order chi connectivity index (χ1) is 38.9. The van der Waals surface area contributed by atoms with E-state index in [0.717, 1.165) is 43.7 Å². The van der Waals surface area contributed by atoms with Gasteiger partial charge in [-0.2, -0.15) is 16.7 Å². The van der Waals surface area contributed by atoms with Crippen LogP contribution in [0.5, 0.6) is 11.5 Å². The Bertz CT molecular complexity index is 2640. The molecule has 432 valence electrons. The van der Waals surface area contributed by atoms with Gasteiger partial charge in [-0.25, -0.2) is 9.37 Å². The lowest BCUT2D eigenvalue weighted by Gasteiger charge is -2.17. The molecule has 4 heterocycles. The molecular formula is C56H74FN11O11S. The fourth-order valence-corrected chi connectivity index (χ4v) is 10.1. The summed E-state index contributed by atoms with van der Waals surface area (Å²) in [6.07, 6.45) is 9.96. The van der Waals surface area contributed by atoms with Crippen LogP contribution in [0.25, 0.3) is 0 Å². The molecule has 0 aliphatic carbocycles. The molecule has 2 aliphatic rings. The summed E-state index contributed by atoms with van der Waals surface area (Å²) in [7, 11) is 1.63. The van der Waals surface area contributed by atoms with Crippen LogP contribution in [0.4, 0.5) is 33.2 Å². The molecule has 2 aromatic carbocycles. The summed E-state index contributed by atoms with van der Waals surface area (Å²) in [5, 5.41) is 20.7. The number of halogens is 1. The molecule has 6 rings (SSSR count). The maximum atomic E-state index is 14.6. The fraction of sp³-hybridized carbons (Fsp3) is 0.482. The molecule has 0 saturated carbocycles. The van der Waals surface area contributed by atoms with Crippen LogP contribution in [0.15, 0.2) is 85.7 Å². The van der Waals surface area contributed by atoms with Crippen molar-refractivity contribution < 1.29 is 56.8 Å². The Kier molecular flexibility index (Phi) is 26.9. The molecule has 2 fully saturated rings. The number of benzene rings is 2. The standard InChI is InChI=1S/C56H74FN11O11S/c1-3-49(69)63-40-10-6-11-41(34-40)64-54-45(57)37-62-56(67-54)65-39-16-18-42(19-17-39)79-43-20-23-58-46(35-43)55(74)68(2)25-29-77-28-24-61-52(72)15-7-14-51(71)60-22-9-27-76-31-33-78-32-30-75-26-8-21-59-50(70)13-5-4-12-48-44-36-53(73)66-47(44)38-80-48/h3,6,10-11,16-20,23,34-35,37,44,47-48H,1,4-5,7-9,12-15,21-22,24-33,36,38H2,2H3,(H,59,70)(H,60,71)(H,61,72)(H,63,69)(H,66,73)(H2,62,64,65,67)/t44-,47-,48-/m0/s1. The number of amides is 6. The van der Waals surface area contributed by atoms with E-state index in [9.17, 15) is 33.2 Å². The molecule has 6 amide bonds. The zero-order chi connectivity index (χ0) is 56.7. The summed E-state index contributed by atoms with van der Waals surface area (Å²) in [6, 6.07) is 17.0. The first kappa shape index (κ1) is 62.0. The smallest absolute Gasteiger partial charge is 0.272 e. The van der Waals surface area contributed by atoms with Gasteiger partial charge in [0.2, 0.25) is 35.5 Å². The number of carbonyl (C=O) groups is 6. The van der Waals surface area contributed by atoms with Gasteiger partial charge in [0.05, 0.1) is 45.8 Å². The summed E-state index contributed by atoms with van der Waals surface area (Å²) < 4.78 is 43.0.